The summed E-state index contributed by atoms with van der Waals surface area (Å²) in [6.45, 7) is 12.3. The minimum atomic E-state index is -4.20. The highest BCUT2D eigenvalue weighted by Gasteiger charge is 2.65. The molecule has 18 heteroatoms. The number of amides is 4. The SMILES string of the molecule is C=C[C@@H]1C[C@H]2CCCCCc3nc4ccc(OC)cc4nc3O[C@H]3CN(C(=O)[C@H](C(C)(C)C)NC(=O)O[C@@H]2C1)[C@H](C(=O)N[C@]1(C(=O)NS(=O)(=O)C2(C)CC2)C[C@H]1CC(F)F)[C@@H]3C. The number of nitrogens with one attached hydrogen (secondary N) is 3. The van der Waals surface area contributed by atoms with Gasteiger partial charge in [0.2, 0.25) is 34.1 Å². The number of methoxy groups -OCH3 is 1. The summed E-state index contributed by atoms with van der Waals surface area (Å²) >= 11 is 0. The number of rotatable bonds is 9. The minimum Gasteiger partial charge on any atom is -0.497 e. The van der Waals surface area contributed by atoms with E-state index in [1.165, 1.54) is 11.8 Å². The molecule has 1 aromatic heterocycles. The first-order chi connectivity index (χ1) is 29.2. The van der Waals surface area contributed by atoms with E-state index in [2.05, 4.69) is 21.9 Å². The van der Waals surface area contributed by atoms with Crippen molar-refractivity contribution in [1.29, 1.82) is 0 Å². The summed E-state index contributed by atoms with van der Waals surface area (Å²) in [4.78, 5) is 68.5. The monoisotopic (exact) mass is 886 g/mol. The van der Waals surface area contributed by atoms with Crippen molar-refractivity contribution in [1.82, 2.24) is 30.2 Å². The maximum atomic E-state index is 15.0. The zero-order valence-corrected chi connectivity index (χ0v) is 37.2. The molecule has 4 fully saturated rings. The largest absolute Gasteiger partial charge is 0.497 e. The van der Waals surface area contributed by atoms with E-state index in [0.29, 0.717) is 48.2 Å². The van der Waals surface area contributed by atoms with Crippen LogP contribution in [-0.2, 0) is 35.6 Å². The first kappa shape index (κ1) is 45.4. The Kier molecular flexibility index (Phi) is 12.6. The third-order valence-corrected chi connectivity index (χ3v) is 15.9. The number of alkyl halides is 2. The number of ether oxygens (including phenoxy) is 3. The van der Waals surface area contributed by atoms with Crippen molar-refractivity contribution >= 4 is 44.9 Å². The summed E-state index contributed by atoms with van der Waals surface area (Å²) in [7, 11) is -2.66. The standard InChI is InChI=1S/C44H60F2N6O9S/c1-8-25-18-26-12-10-9-11-13-30-38(48-31-21-28(59-7)14-15-29(31)47-30)60-33-23-52(39(54)36(42(3,4)5)49-41(56)61-32(26)19-25)35(24(33)2)37(53)50-44(22-27(44)20-34(45)46)40(55)51-62(57,58)43(6)16-17-43/h8,14-15,21,24-27,32-36H,1,9-13,16-20,22-23H2,2-7H3,(H,49,56)(H,50,53)(H,51,55)/t24-,25-,26-,27-,32-,33+,35+,36-,44-/m1/s1. The molecule has 2 aromatic rings. The number of nitrogens with zero attached hydrogens (tertiary/aromatic N) is 3. The molecule has 62 heavy (non-hydrogen) atoms. The third-order valence-electron chi connectivity index (χ3n) is 13.8. The number of aryl methyl sites for hydroxylation is 1. The lowest BCUT2D eigenvalue weighted by molar-refractivity contribution is -0.143. The van der Waals surface area contributed by atoms with Crippen LogP contribution >= 0.6 is 0 Å². The number of benzene rings is 1. The molecule has 9 atom stereocenters. The molecule has 15 nitrogen and oxygen atoms in total. The highest BCUT2D eigenvalue weighted by molar-refractivity contribution is 7.91. The lowest BCUT2D eigenvalue weighted by atomic mass is 9.85. The number of halogens is 2. The second-order valence-corrected chi connectivity index (χ2v) is 21.6. The minimum absolute atomic E-state index is 0.0805. The van der Waals surface area contributed by atoms with Gasteiger partial charge in [0.1, 0.15) is 41.3 Å². The lowest BCUT2D eigenvalue weighted by Gasteiger charge is -2.36. The Morgan fingerprint density at radius 1 is 1.10 bits per heavy atom. The summed E-state index contributed by atoms with van der Waals surface area (Å²) in [6.07, 6.45) is 1.84. The van der Waals surface area contributed by atoms with E-state index in [0.717, 1.165) is 32.1 Å². The quantitative estimate of drug-likeness (QED) is 0.266. The number of carbonyl (C=O) groups excluding carboxylic acids is 4. The van der Waals surface area contributed by atoms with Gasteiger partial charge in [0.05, 0.1) is 29.4 Å². The van der Waals surface area contributed by atoms with Gasteiger partial charge in [-0.3, -0.25) is 19.1 Å². The average Bonchev–Trinajstić information content (AvgIpc) is 4.04. The number of carbonyl (C=O) groups is 4. The molecule has 1 aromatic carbocycles. The fourth-order valence-corrected chi connectivity index (χ4v) is 10.7. The summed E-state index contributed by atoms with van der Waals surface area (Å²) in [5.41, 5.74) is -1.18. The van der Waals surface area contributed by atoms with Gasteiger partial charge in [-0.15, -0.1) is 6.58 Å². The van der Waals surface area contributed by atoms with Crippen LogP contribution in [-0.4, -0.2) is 102 Å². The maximum Gasteiger partial charge on any atom is 0.408 e. The van der Waals surface area contributed by atoms with Gasteiger partial charge in [-0.2, -0.15) is 0 Å². The number of fused-ring (bicyclic) bond motifs is 5. The number of sulfonamides is 1. The van der Waals surface area contributed by atoms with Gasteiger partial charge in [0, 0.05) is 18.4 Å². The van der Waals surface area contributed by atoms with E-state index in [1.807, 2.05) is 12.1 Å². The van der Waals surface area contributed by atoms with Crippen LogP contribution < -0.4 is 24.8 Å². The van der Waals surface area contributed by atoms with Gasteiger partial charge >= 0.3 is 6.09 Å². The summed E-state index contributed by atoms with van der Waals surface area (Å²) in [5.74, 6) is -3.48. The molecule has 3 heterocycles. The molecule has 0 spiro atoms. The Bertz CT molecular complexity index is 2200. The van der Waals surface area contributed by atoms with Gasteiger partial charge in [0.15, 0.2) is 0 Å². The molecule has 3 aliphatic carbocycles. The highest BCUT2D eigenvalue weighted by Crippen LogP contribution is 2.49. The van der Waals surface area contributed by atoms with Gasteiger partial charge in [-0.25, -0.2) is 32.0 Å². The third kappa shape index (κ3) is 9.21. The Hall–Kier alpha value is -4.61. The van der Waals surface area contributed by atoms with Crippen molar-refractivity contribution in [2.45, 2.75) is 146 Å². The Morgan fingerprint density at radius 2 is 1.84 bits per heavy atom. The predicted octanol–water partition coefficient (Wildman–Crippen LogP) is 5.60. The Morgan fingerprint density at radius 3 is 2.50 bits per heavy atom. The predicted molar refractivity (Wildman–Crippen MR) is 225 cm³/mol. The number of aromatic nitrogens is 2. The number of allylic oxidation sites excluding steroid dienone is 1. The molecule has 3 saturated carbocycles. The van der Waals surface area contributed by atoms with E-state index in [-0.39, 0.29) is 30.7 Å². The normalized spacial score (nSPS) is 31.3. The number of hydrogen-bond donors (Lipinski definition) is 3. The fraction of sp³-hybridized carbons (Fsp3) is 0.682. The van der Waals surface area contributed by atoms with Crippen LogP contribution in [0.5, 0.6) is 11.6 Å². The Labute approximate surface area is 361 Å². The molecule has 0 unspecified atom stereocenters. The van der Waals surface area contributed by atoms with Crippen LogP contribution in [0.1, 0.15) is 105 Å². The average molecular weight is 887 g/mol. The molecule has 2 bridgehead atoms. The second-order valence-electron chi connectivity index (χ2n) is 19.4. The molecular weight excluding hydrogens is 827 g/mol. The van der Waals surface area contributed by atoms with Crippen LogP contribution in [0.15, 0.2) is 30.9 Å². The van der Waals surface area contributed by atoms with Crippen LogP contribution in [0, 0.1) is 29.1 Å². The van der Waals surface area contributed by atoms with E-state index in [9.17, 15) is 31.6 Å². The number of hydrogen-bond acceptors (Lipinski definition) is 11. The van der Waals surface area contributed by atoms with Crippen LogP contribution in [0.2, 0.25) is 0 Å². The van der Waals surface area contributed by atoms with Crippen molar-refractivity contribution < 1.29 is 50.6 Å². The van der Waals surface area contributed by atoms with Crippen molar-refractivity contribution in [2.24, 2.45) is 29.1 Å². The summed E-state index contributed by atoms with van der Waals surface area (Å²) in [6, 6.07) is 2.75. The van der Waals surface area contributed by atoms with Crippen molar-refractivity contribution in [2.75, 3.05) is 13.7 Å². The summed E-state index contributed by atoms with van der Waals surface area (Å²) < 4.78 is 73.1. The fourth-order valence-electron chi connectivity index (χ4n) is 9.43. The maximum absolute atomic E-state index is 15.0. The van der Waals surface area contributed by atoms with E-state index >= 15 is 4.79 Å². The Balaban J connectivity index is 1.26. The van der Waals surface area contributed by atoms with Crippen LogP contribution in [0.25, 0.3) is 11.0 Å². The van der Waals surface area contributed by atoms with Gasteiger partial charge in [-0.05, 0) is 93.6 Å². The van der Waals surface area contributed by atoms with E-state index in [1.54, 1.807) is 46.9 Å². The molecule has 1 saturated heterocycles. The smallest absolute Gasteiger partial charge is 0.408 e. The highest BCUT2D eigenvalue weighted by atomic mass is 32.2. The molecular formula is C44H60F2N6O9S. The first-order valence-electron chi connectivity index (χ1n) is 21.8. The molecule has 4 amide bonds. The van der Waals surface area contributed by atoms with Gasteiger partial charge < -0.3 is 29.7 Å². The van der Waals surface area contributed by atoms with E-state index in [4.69, 9.17) is 24.2 Å². The van der Waals surface area contributed by atoms with Crippen molar-refractivity contribution in [3.05, 3.63) is 36.5 Å². The topological polar surface area (TPSA) is 195 Å². The molecule has 340 valence electrons. The molecule has 2 aliphatic heterocycles. The van der Waals surface area contributed by atoms with Crippen LogP contribution in [0.4, 0.5) is 13.6 Å². The van der Waals surface area contributed by atoms with Gasteiger partial charge in [-0.1, -0.05) is 46.6 Å². The lowest BCUT2D eigenvalue weighted by Crippen LogP contribution is -2.61. The zero-order chi connectivity index (χ0) is 44.9. The number of alkyl carbamates (subject to hydrolysis) is 1. The van der Waals surface area contributed by atoms with Gasteiger partial charge in [0.25, 0.3) is 5.91 Å². The second kappa shape index (κ2) is 17.2. The van der Waals surface area contributed by atoms with E-state index < -0.39 is 98.5 Å². The van der Waals surface area contributed by atoms with Crippen molar-refractivity contribution in [3.63, 3.8) is 0 Å². The van der Waals surface area contributed by atoms with Crippen LogP contribution in [0.3, 0.4) is 0 Å². The van der Waals surface area contributed by atoms with Crippen molar-refractivity contribution in [3.8, 4) is 11.6 Å². The molecule has 7 rings (SSSR count). The first-order valence-corrected chi connectivity index (χ1v) is 23.3. The molecule has 5 aliphatic rings. The molecule has 3 N–H and O–H groups in total. The molecule has 0 radical (unpaired) electrons. The summed E-state index contributed by atoms with van der Waals surface area (Å²) in [5, 5.41) is 5.48. The zero-order valence-electron chi connectivity index (χ0n) is 36.4.